The maximum atomic E-state index is 15.1. The van der Waals surface area contributed by atoms with Crippen molar-refractivity contribution in [3.8, 4) is 11.5 Å². The first kappa shape index (κ1) is 24.7. The smallest absolute Gasteiger partial charge is 0.166 e. The number of ketones is 1. The van der Waals surface area contributed by atoms with E-state index in [1.807, 2.05) is 0 Å². The highest BCUT2D eigenvalue weighted by Gasteiger charge is 2.47. The molecule has 0 saturated carbocycles. The van der Waals surface area contributed by atoms with Crippen molar-refractivity contribution in [1.82, 2.24) is 4.90 Å². The van der Waals surface area contributed by atoms with E-state index >= 15 is 8.78 Å². The minimum Gasteiger partial charge on any atom is -0.493 e. The van der Waals surface area contributed by atoms with E-state index in [4.69, 9.17) is 9.47 Å². The lowest BCUT2D eigenvalue weighted by Gasteiger charge is -2.38. The first-order valence-corrected chi connectivity index (χ1v) is 9.80. The van der Waals surface area contributed by atoms with Gasteiger partial charge in [-0.3, -0.25) is 4.79 Å². The van der Waals surface area contributed by atoms with Gasteiger partial charge in [-0.2, -0.15) is 0 Å². The molecule has 8 heteroatoms. The Morgan fingerprint density at radius 2 is 1.55 bits per heavy atom. The highest BCUT2D eigenvalue weighted by Crippen LogP contribution is 2.45. The van der Waals surface area contributed by atoms with Gasteiger partial charge in [0.25, 0.3) is 0 Å². The van der Waals surface area contributed by atoms with Crippen molar-refractivity contribution in [2.75, 3.05) is 28.3 Å². The molecule has 0 fully saturated rings. The van der Waals surface area contributed by atoms with Gasteiger partial charge in [0.05, 0.1) is 19.6 Å². The number of Topliss-reactive ketones (excluding diaryl/α,β-unsaturated/α-hetero) is 1. The second kappa shape index (κ2) is 9.68. The fraction of sp³-hybridized carbons (Fsp3) is 0.435. The molecule has 0 aromatic heterocycles. The molecule has 0 N–H and O–H groups in total. The third-order valence-electron chi connectivity index (χ3n) is 5.70. The number of hydrogen-bond acceptors (Lipinski definition) is 4. The number of methoxy groups -OCH3 is 2. The zero-order chi connectivity index (χ0) is 23.5. The molecule has 0 unspecified atom stereocenters. The van der Waals surface area contributed by atoms with E-state index < -0.39 is 40.0 Å². The highest BCUT2D eigenvalue weighted by molar-refractivity contribution is 5.94. The van der Waals surface area contributed by atoms with Crippen LogP contribution in [0.3, 0.4) is 0 Å². The quantitative estimate of drug-likeness (QED) is 0.411. The first-order chi connectivity index (χ1) is 14.5. The molecule has 2 aromatic carbocycles. The summed E-state index contributed by atoms with van der Waals surface area (Å²) in [6.07, 6.45) is -0.246. The van der Waals surface area contributed by atoms with Crippen LogP contribution in [0, 0.1) is 23.3 Å². The predicted octanol–water partition coefficient (Wildman–Crippen LogP) is 4.87. The SMILES string of the molecule is CCC(=O)[C@@](C[C@@H](C)N(C)C)(c1ccc(OC)c(OC)c1)c1c(F)c(F)cc(F)c1F. The van der Waals surface area contributed by atoms with Crippen molar-refractivity contribution in [2.24, 2.45) is 0 Å². The third-order valence-corrected chi connectivity index (χ3v) is 5.70. The number of carbonyl (C=O) groups is 1. The summed E-state index contributed by atoms with van der Waals surface area (Å²) in [6, 6.07) is 4.11. The standard InChI is InChI=1S/C23H27F4NO3/c1-7-19(29)23(12-13(2)28(3)4,14-8-9-17(30-5)18(10-14)31-6)20-21(26)15(24)11-16(25)22(20)27/h8-11,13H,7,12H2,1-6H3/t13-,23-/m1/s1. The monoisotopic (exact) mass is 441 g/mol. The van der Waals surface area contributed by atoms with Gasteiger partial charge in [0.1, 0.15) is 5.78 Å². The number of carbonyl (C=O) groups excluding carboxylic acids is 1. The summed E-state index contributed by atoms with van der Waals surface area (Å²) >= 11 is 0. The van der Waals surface area contributed by atoms with Crippen LogP contribution in [0.15, 0.2) is 24.3 Å². The largest absolute Gasteiger partial charge is 0.493 e. The van der Waals surface area contributed by atoms with Gasteiger partial charge in [-0.1, -0.05) is 13.0 Å². The Hall–Kier alpha value is -2.61. The zero-order valence-corrected chi connectivity index (χ0v) is 18.5. The van der Waals surface area contributed by atoms with E-state index in [0.29, 0.717) is 5.75 Å². The van der Waals surface area contributed by atoms with E-state index in [9.17, 15) is 13.6 Å². The molecule has 4 nitrogen and oxygen atoms in total. The molecule has 0 aliphatic carbocycles. The van der Waals surface area contributed by atoms with E-state index in [-0.39, 0.29) is 36.3 Å². The molecule has 31 heavy (non-hydrogen) atoms. The van der Waals surface area contributed by atoms with Gasteiger partial charge in [0.15, 0.2) is 34.8 Å². The van der Waals surface area contributed by atoms with Crippen LogP contribution in [-0.4, -0.2) is 45.0 Å². The molecule has 0 bridgehead atoms. The van der Waals surface area contributed by atoms with E-state index in [2.05, 4.69) is 0 Å². The molecule has 0 spiro atoms. The van der Waals surface area contributed by atoms with Gasteiger partial charge >= 0.3 is 0 Å². The fourth-order valence-electron chi connectivity index (χ4n) is 3.76. The summed E-state index contributed by atoms with van der Waals surface area (Å²) in [5, 5.41) is 0. The van der Waals surface area contributed by atoms with Crippen LogP contribution in [0.5, 0.6) is 11.5 Å². The maximum Gasteiger partial charge on any atom is 0.166 e. The van der Waals surface area contributed by atoms with Gasteiger partial charge in [0.2, 0.25) is 0 Å². The topological polar surface area (TPSA) is 38.8 Å². The summed E-state index contributed by atoms with van der Waals surface area (Å²) < 4.78 is 69.2. The second-order valence-electron chi connectivity index (χ2n) is 7.61. The molecular formula is C23H27F4NO3. The Labute approximate surface area is 179 Å². The van der Waals surface area contributed by atoms with Crippen molar-refractivity contribution in [3.63, 3.8) is 0 Å². The van der Waals surface area contributed by atoms with Gasteiger partial charge in [0, 0.05) is 24.1 Å². The Balaban J connectivity index is 3.02. The summed E-state index contributed by atoms with van der Waals surface area (Å²) in [6.45, 7) is 3.29. The van der Waals surface area contributed by atoms with Gasteiger partial charge in [-0.25, -0.2) is 17.6 Å². The molecule has 170 valence electrons. The number of nitrogens with zero attached hydrogens (tertiary/aromatic N) is 1. The molecule has 2 aromatic rings. The number of benzene rings is 2. The van der Waals surface area contributed by atoms with Crippen LogP contribution < -0.4 is 9.47 Å². The van der Waals surface area contributed by atoms with E-state index in [0.717, 1.165) is 0 Å². The molecule has 0 amide bonds. The average Bonchev–Trinajstić information content (AvgIpc) is 2.75. The van der Waals surface area contributed by atoms with Crippen molar-refractivity contribution < 1.29 is 31.8 Å². The van der Waals surface area contributed by atoms with Crippen LogP contribution in [0.1, 0.15) is 37.8 Å². The third kappa shape index (κ3) is 4.39. The second-order valence-corrected chi connectivity index (χ2v) is 7.61. The van der Waals surface area contributed by atoms with Gasteiger partial charge < -0.3 is 14.4 Å². The maximum absolute atomic E-state index is 15.1. The molecule has 0 aliphatic rings. The molecule has 0 aliphatic heterocycles. The van der Waals surface area contributed by atoms with Crippen LogP contribution in [-0.2, 0) is 10.2 Å². The predicted molar refractivity (Wildman–Crippen MR) is 110 cm³/mol. The number of halogens is 4. The molecule has 0 saturated heterocycles. The Morgan fingerprint density at radius 1 is 1.00 bits per heavy atom. The van der Waals surface area contributed by atoms with Crippen molar-refractivity contribution in [3.05, 3.63) is 58.7 Å². The van der Waals surface area contributed by atoms with Crippen molar-refractivity contribution >= 4 is 5.78 Å². The number of hydrogen-bond donors (Lipinski definition) is 0. The number of rotatable bonds is 9. The molecule has 0 heterocycles. The van der Waals surface area contributed by atoms with E-state index in [1.54, 1.807) is 25.9 Å². The molecular weight excluding hydrogens is 414 g/mol. The Kier molecular flexibility index (Phi) is 7.70. The summed E-state index contributed by atoms with van der Waals surface area (Å²) in [5.74, 6) is -6.38. The van der Waals surface area contributed by atoms with Gasteiger partial charge in [-0.05, 0) is 45.1 Å². The summed E-state index contributed by atoms with van der Waals surface area (Å²) in [7, 11) is 6.26. The minimum absolute atomic E-state index is 0.120. The van der Waals surface area contributed by atoms with Crippen LogP contribution >= 0.6 is 0 Å². The minimum atomic E-state index is -2.00. The van der Waals surface area contributed by atoms with Crippen LogP contribution in [0.4, 0.5) is 17.6 Å². The lowest BCUT2D eigenvalue weighted by Crippen LogP contribution is -2.44. The van der Waals surface area contributed by atoms with Crippen molar-refractivity contribution in [2.45, 2.75) is 38.1 Å². The Morgan fingerprint density at radius 3 is 2.00 bits per heavy atom. The van der Waals surface area contributed by atoms with Gasteiger partial charge in [-0.15, -0.1) is 0 Å². The van der Waals surface area contributed by atoms with Crippen molar-refractivity contribution in [1.29, 1.82) is 0 Å². The van der Waals surface area contributed by atoms with Crippen LogP contribution in [0.2, 0.25) is 0 Å². The molecule has 2 rings (SSSR count). The fourth-order valence-corrected chi connectivity index (χ4v) is 3.76. The molecule has 0 radical (unpaired) electrons. The average molecular weight is 441 g/mol. The lowest BCUT2D eigenvalue weighted by atomic mass is 9.66. The summed E-state index contributed by atoms with van der Waals surface area (Å²) in [5.41, 5.74) is -2.80. The highest BCUT2D eigenvalue weighted by atomic mass is 19.2. The first-order valence-electron chi connectivity index (χ1n) is 9.80. The summed E-state index contributed by atoms with van der Waals surface area (Å²) in [4.78, 5) is 15.2. The lowest BCUT2D eigenvalue weighted by molar-refractivity contribution is -0.123. The van der Waals surface area contributed by atoms with Crippen LogP contribution in [0.25, 0.3) is 0 Å². The van der Waals surface area contributed by atoms with E-state index in [1.165, 1.54) is 39.3 Å². The number of ether oxygens (including phenoxy) is 2. The Bertz CT molecular complexity index is 938. The normalized spacial score (nSPS) is 14.3. The molecule has 2 atom stereocenters. The zero-order valence-electron chi connectivity index (χ0n) is 18.5.